The van der Waals surface area contributed by atoms with Crippen LogP contribution in [0, 0.1) is 12.8 Å². The summed E-state index contributed by atoms with van der Waals surface area (Å²) >= 11 is 6.16. The molecule has 6 nitrogen and oxygen atoms in total. The fourth-order valence-electron chi connectivity index (χ4n) is 3.50. The Morgan fingerprint density at radius 1 is 1.35 bits per heavy atom. The zero-order chi connectivity index (χ0) is 18.4. The maximum Gasteiger partial charge on any atom is 0.255 e. The van der Waals surface area contributed by atoms with Crippen molar-refractivity contribution in [2.24, 2.45) is 11.0 Å². The molecule has 1 amide bonds. The fourth-order valence-corrected chi connectivity index (χ4v) is 3.72. The highest BCUT2D eigenvalue weighted by atomic mass is 35.5. The molecule has 4 heterocycles. The third-order valence-electron chi connectivity index (χ3n) is 5.01. The Morgan fingerprint density at radius 3 is 2.81 bits per heavy atom. The van der Waals surface area contributed by atoms with Gasteiger partial charge in [0.15, 0.2) is 5.82 Å². The van der Waals surface area contributed by atoms with Gasteiger partial charge in [-0.05, 0) is 37.1 Å². The van der Waals surface area contributed by atoms with Gasteiger partial charge in [-0.25, -0.2) is 15.0 Å². The van der Waals surface area contributed by atoms with Crippen molar-refractivity contribution in [1.29, 1.82) is 0 Å². The number of hydrogen-bond acceptors (Lipinski definition) is 5. The third kappa shape index (κ3) is 2.74. The van der Waals surface area contributed by atoms with Crippen molar-refractivity contribution < 1.29 is 4.79 Å². The molecule has 0 N–H and O–H groups in total. The van der Waals surface area contributed by atoms with Crippen molar-refractivity contribution in [3.8, 4) is 0 Å². The van der Waals surface area contributed by atoms with Crippen molar-refractivity contribution in [2.75, 3.05) is 11.6 Å². The lowest BCUT2D eigenvalue weighted by Gasteiger charge is -2.25. The number of pyridine rings is 2. The second-order valence-electron chi connectivity index (χ2n) is 6.97. The van der Waals surface area contributed by atoms with Crippen molar-refractivity contribution in [3.05, 3.63) is 51.9 Å². The van der Waals surface area contributed by atoms with Gasteiger partial charge >= 0.3 is 0 Å². The molecule has 4 rings (SSSR count). The van der Waals surface area contributed by atoms with Crippen molar-refractivity contribution in [2.45, 2.75) is 33.4 Å². The first-order valence-corrected chi connectivity index (χ1v) is 9.06. The quantitative estimate of drug-likeness (QED) is 0.775. The normalized spacial score (nSPS) is 20.0. The van der Waals surface area contributed by atoms with E-state index in [0.717, 1.165) is 29.1 Å². The molecule has 2 aromatic rings. The number of halogens is 1. The van der Waals surface area contributed by atoms with E-state index in [1.54, 1.807) is 12.3 Å². The average Bonchev–Trinajstić information content (AvgIpc) is 3.19. The van der Waals surface area contributed by atoms with Gasteiger partial charge in [0.25, 0.3) is 5.91 Å². The number of rotatable bonds is 3. The molecule has 26 heavy (non-hydrogen) atoms. The van der Waals surface area contributed by atoms with E-state index in [1.807, 2.05) is 36.2 Å². The van der Waals surface area contributed by atoms with E-state index in [9.17, 15) is 4.79 Å². The van der Waals surface area contributed by atoms with Crippen LogP contribution in [0.3, 0.4) is 0 Å². The predicted molar refractivity (Wildman–Crippen MR) is 102 cm³/mol. The van der Waals surface area contributed by atoms with Gasteiger partial charge in [-0.1, -0.05) is 18.5 Å². The molecule has 0 bridgehead atoms. The lowest BCUT2D eigenvalue weighted by atomic mass is 10.1. The van der Waals surface area contributed by atoms with Crippen LogP contribution in [-0.2, 0) is 6.54 Å². The van der Waals surface area contributed by atoms with Gasteiger partial charge in [-0.3, -0.25) is 4.79 Å². The van der Waals surface area contributed by atoms with Crippen molar-refractivity contribution >= 4 is 29.5 Å². The van der Waals surface area contributed by atoms with E-state index in [4.69, 9.17) is 11.6 Å². The van der Waals surface area contributed by atoms with E-state index < -0.39 is 0 Å². The fraction of sp³-hybridized carbons (Fsp3) is 0.368. The maximum absolute atomic E-state index is 12.8. The van der Waals surface area contributed by atoms with Crippen LogP contribution in [-0.4, -0.2) is 33.5 Å². The molecule has 0 aromatic carbocycles. The molecular formula is C19H20ClN5O. The number of nitrogens with zero attached hydrogens (tertiary/aromatic N) is 5. The second-order valence-corrected chi connectivity index (χ2v) is 7.33. The molecule has 0 fully saturated rings. The largest absolute Gasteiger partial charge is 0.327 e. The minimum absolute atomic E-state index is 0.0171. The van der Waals surface area contributed by atoms with Gasteiger partial charge in [0.2, 0.25) is 0 Å². The molecule has 0 radical (unpaired) electrons. The van der Waals surface area contributed by atoms with Crippen molar-refractivity contribution in [1.82, 2.24) is 14.9 Å². The summed E-state index contributed by atoms with van der Waals surface area (Å²) < 4.78 is 0. The molecule has 0 aliphatic carbocycles. The van der Waals surface area contributed by atoms with Gasteiger partial charge in [0.1, 0.15) is 5.15 Å². The lowest BCUT2D eigenvalue weighted by Crippen LogP contribution is -2.27. The standard InChI is InChI=1S/C19H20ClN5O/c1-11-7-23-25(9-11)18-12(2)6-14(8-22-18)13(3)24-10-16-15(19(24)26)4-5-21-17(16)20/h4-8,11,13H,9-10H2,1-3H3. The summed E-state index contributed by atoms with van der Waals surface area (Å²) in [4.78, 5) is 23.3. The lowest BCUT2D eigenvalue weighted by molar-refractivity contribution is 0.0715. The number of hydrogen-bond donors (Lipinski definition) is 0. The highest BCUT2D eigenvalue weighted by Gasteiger charge is 2.33. The van der Waals surface area contributed by atoms with E-state index >= 15 is 0 Å². The maximum atomic E-state index is 12.8. The monoisotopic (exact) mass is 369 g/mol. The highest BCUT2D eigenvalue weighted by molar-refractivity contribution is 6.30. The van der Waals surface area contributed by atoms with E-state index in [0.29, 0.717) is 23.2 Å². The summed E-state index contributed by atoms with van der Waals surface area (Å²) in [7, 11) is 0. The number of carbonyl (C=O) groups excluding carboxylic acids is 1. The molecule has 0 saturated carbocycles. The summed E-state index contributed by atoms with van der Waals surface area (Å²) in [6.45, 7) is 7.48. The van der Waals surface area contributed by atoms with Crippen LogP contribution in [0.15, 0.2) is 29.6 Å². The van der Waals surface area contributed by atoms with Crippen LogP contribution in [0.25, 0.3) is 0 Å². The number of carbonyl (C=O) groups is 1. The Kier molecular flexibility index (Phi) is 4.15. The van der Waals surface area contributed by atoms with Gasteiger partial charge in [0, 0.05) is 35.7 Å². The summed E-state index contributed by atoms with van der Waals surface area (Å²) in [6, 6.07) is 3.71. The second kappa shape index (κ2) is 6.36. The van der Waals surface area contributed by atoms with Gasteiger partial charge < -0.3 is 4.90 Å². The number of amides is 1. The minimum atomic E-state index is -0.104. The van der Waals surface area contributed by atoms with Gasteiger partial charge in [-0.15, -0.1) is 0 Å². The Hall–Kier alpha value is -2.47. The highest BCUT2D eigenvalue weighted by Crippen LogP contribution is 2.34. The van der Waals surface area contributed by atoms with Crippen LogP contribution < -0.4 is 5.01 Å². The molecule has 2 aromatic heterocycles. The summed E-state index contributed by atoms with van der Waals surface area (Å²) in [5.74, 6) is 1.27. The number of fused-ring (bicyclic) bond motifs is 1. The van der Waals surface area contributed by atoms with Crippen LogP contribution in [0.1, 0.15) is 46.9 Å². The zero-order valence-corrected chi connectivity index (χ0v) is 15.7. The van der Waals surface area contributed by atoms with Crippen LogP contribution >= 0.6 is 11.6 Å². The van der Waals surface area contributed by atoms with Crippen LogP contribution in [0.5, 0.6) is 0 Å². The summed E-state index contributed by atoms with van der Waals surface area (Å²) in [6.07, 6.45) is 5.35. The number of aryl methyl sites for hydroxylation is 1. The van der Waals surface area contributed by atoms with Crippen LogP contribution in [0.2, 0.25) is 5.15 Å². The van der Waals surface area contributed by atoms with Gasteiger partial charge in [-0.2, -0.15) is 5.10 Å². The number of hydrazone groups is 1. The van der Waals surface area contributed by atoms with Gasteiger partial charge in [0.05, 0.1) is 19.1 Å². The minimum Gasteiger partial charge on any atom is -0.327 e. The molecule has 2 atom stereocenters. The molecule has 134 valence electrons. The van der Waals surface area contributed by atoms with Crippen LogP contribution in [0.4, 0.5) is 5.82 Å². The Balaban J connectivity index is 1.59. The van der Waals surface area contributed by atoms with E-state index in [2.05, 4.69) is 28.1 Å². The Bertz CT molecular complexity index is 913. The summed E-state index contributed by atoms with van der Waals surface area (Å²) in [5, 5.41) is 6.73. The average molecular weight is 370 g/mol. The Morgan fingerprint density at radius 2 is 2.15 bits per heavy atom. The number of anilines is 1. The zero-order valence-electron chi connectivity index (χ0n) is 15.0. The molecule has 2 aliphatic rings. The first kappa shape index (κ1) is 17.0. The first-order chi connectivity index (χ1) is 12.5. The topological polar surface area (TPSA) is 61.7 Å². The smallest absolute Gasteiger partial charge is 0.255 e. The number of aromatic nitrogens is 2. The summed E-state index contributed by atoms with van der Waals surface area (Å²) in [5.41, 5.74) is 3.48. The molecular weight excluding hydrogens is 350 g/mol. The molecule has 7 heteroatoms. The molecule has 2 unspecified atom stereocenters. The predicted octanol–water partition coefficient (Wildman–Crippen LogP) is 3.60. The van der Waals surface area contributed by atoms with E-state index in [-0.39, 0.29) is 11.9 Å². The molecule has 0 spiro atoms. The Labute approximate surface area is 157 Å². The first-order valence-electron chi connectivity index (χ1n) is 8.68. The van der Waals surface area contributed by atoms with E-state index in [1.165, 1.54) is 0 Å². The third-order valence-corrected chi connectivity index (χ3v) is 5.34. The van der Waals surface area contributed by atoms with Crippen molar-refractivity contribution in [3.63, 3.8) is 0 Å². The molecule has 2 aliphatic heterocycles. The SMILES string of the molecule is Cc1cc(C(C)N2Cc3c(ccnc3Cl)C2=O)cnc1N1CC(C)C=N1. The molecule has 0 saturated heterocycles.